The van der Waals surface area contributed by atoms with E-state index in [1.165, 1.54) is 5.56 Å². The summed E-state index contributed by atoms with van der Waals surface area (Å²) in [6.45, 7) is 2.82. The van der Waals surface area contributed by atoms with Gasteiger partial charge in [0, 0.05) is 18.7 Å². The molecule has 0 saturated carbocycles. The first-order valence-corrected chi connectivity index (χ1v) is 8.09. The van der Waals surface area contributed by atoms with E-state index in [0.29, 0.717) is 11.7 Å². The van der Waals surface area contributed by atoms with Crippen molar-refractivity contribution in [1.29, 1.82) is 0 Å². The molecule has 3 nitrogen and oxygen atoms in total. The Balaban J connectivity index is 1.77. The van der Waals surface area contributed by atoms with Crippen molar-refractivity contribution in [1.82, 2.24) is 14.9 Å². The summed E-state index contributed by atoms with van der Waals surface area (Å²) in [5, 5.41) is 4.17. The van der Waals surface area contributed by atoms with Gasteiger partial charge in [-0.15, -0.1) is 0 Å². The van der Waals surface area contributed by atoms with Crippen molar-refractivity contribution in [3.8, 4) is 11.3 Å². The Morgan fingerprint density at radius 2 is 1.65 bits per heavy atom. The smallest absolute Gasteiger partial charge is 0.136 e. The van der Waals surface area contributed by atoms with Gasteiger partial charge >= 0.3 is 0 Å². The molecule has 0 aliphatic carbocycles. The van der Waals surface area contributed by atoms with Crippen molar-refractivity contribution in [2.24, 2.45) is 7.05 Å². The number of hydrogen-bond acceptors (Lipinski definition) is 2. The number of halogens is 1. The van der Waals surface area contributed by atoms with Crippen molar-refractivity contribution >= 4 is 11.6 Å². The largest absolute Gasteiger partial charge is 0.321 e. The van der Waals surface area contributed by atoms with Crippen LogP contribution in [0.25, 0.3) is 11.3 Å². The number of nitrogens with zero attached hydrogens (tertiary/aromatic N) is 2. The minimum Gasteiger partial charge on any atom is -0.321 e. The van der Waals surface area contributed by atoms with Gasteiger partial charge in [0.2, 0.25) is 0 Å². The van der Waals surface area contributed by atoms with Crippen molar-refractivity contribution in [2.75, 3.05) is 0 Å². The fraction of sp³-hybridized carbons (Fsp3) is 0.211. The van der Waals surface area contributed by atoms with Crippen LogP contribution in [0.3, 0.4) is 0 Å². The van der Waals surface area contributed by atoms with Crippen LogP contribution in [0.4, 0.5) is 0 Å². The summed E-state index contributed by atoms with van der Waals surface area (Å²) in [5.74, 6) is 0.927. The van der Waals surface area contributed by atoms with Crippen LogP contribution in [0.5, 0.6) is 0 Å². The maximum Gasteiger partial charge on any atom is 0.136 e. The summed E-state index contributed by atoms with van der Waals surface area (Å²) in [6.07, 6.45) is 0. The van der Waals surface area contributed by atoms with Gasteiger partial charge in [0.05, 0.1) is 6.54 Å². The Morgan fingerprint density at radius 1 is 1.04 bits per heavy atom. The lowest BCUT2D eigenvalue weighted by Gasteiger charge is -2.13. The summed E-state index contributed by atoms with van der Waals surface area (Å²) in [4.78, 5) is 4.71. The third-order valence-electron chi connectivity index (χ3n) is 4.03. The predicted molar refractivity (Wildman–Crippen MR) is 95.4 cm³/mol. The molecule has 1 heterocycles. The number of imidazole rings is 1. The zero-order valence-electron chi connectivity index (χ0n) is 13.3. The van der Waals surface area contributed by atoms with Crippen molar-refractivity contribution < 1.29 is 0 Å². The molecule has 118 valence electrons. The quantitative estimate of drug-likeness (QED) is 0.743. The van der Waals surface area contributed by atoms with Crippen LogP contribution in [0.15, 0.2) is 60.7 Å². The van der Waals surface area contributed by atoms with Crippen LogP contribution in [-0.2, 0) is 13.6 Å². The van der Waals surface area contributed by atoms with E-state index in [1.807, 2.05) is 48.0 Å². The Bertz CT molecular complexity index is 766. The lowest BCUT2D eigenvalue weighted by molar-refractivity contribution is 0.549. The Labute approximate surface area is 141 Å². The lowest BCUT2D eigenvalue weighted by atomic mass is 10.1. The van der Waals surface area contributed by atoms with Crippen LogP contribution in [0.2, 0.25) is 5.15 Å². The summed E-state index contributed by atoms with van der Waals surface area (Å²) in [6, 6.07) is 20.7. The maximum atomic E-state index is 6.45. The average molecular weight is 326 g/mol. The third-order valence-corrected chi connectivity index (χ3v) is 4.46. The molecule has 1 aromatic heterocycles. The first-order valence-electron chi connectivity index (χ1n) is 7.71. The van der Waals surface area contributed by atoms with Crippen LogP contribution in [0.1, 0.15) is 24.4 Å². The van der Waals surface area contributed by atoms with E-state index in [9.17, 15) is 0 Å². The lowest BCUT2D eigenvalue weighted by Crippen LogP contribution is -2.20. The van der Waals surface area contributed by atoms with E-state index >= 15 is 0 Å². The fourth-order valence-corrected chi connectivity index (χ4v) is 2.81. The highest BCUT2D eigenvalue weighted by atomic mass is 35.5. The first-order chi connectivity index (χ1) is 11.2. The number of aromatic nitrogens is 2. The Kier molecular flexibility index (Phi) is 4.79. The molecule has 3 aromatic rings. The van der Waals surface area contributed by atoms with Gasteiger partial charge in [0.25, 0.3) is 0 Å². The molecule has 0 radical (unpaired) electrons. The molecule has 0 bridgehead atoms. The molecule has 1 N–H and O–H groups in total. The Morgan fingerprint density at radius 3 is 2.30 bits per heavy atom. The molecule has 23 heavy (non-hydrogen) atoms. The summed E-state index contributed by atoms with van der Waals surface area (Å²) < 4.78 is 1.94. The summed E-state index contributed by atoms with van der Waals surface area (Å²) >= 11 is 6.45. The van der Waals surface area contributed by atoms with E-state index in [4.69, 9.17) is 16.6 Å². The molecule has 2 aromatic carbocycles. The normalized spacial score (nSPS) is 12.3. The van der Waals surface area contributed by atoms with Gasteiger partial charge < -0.3 is 9.88 Å². The van der Waals surface area contributed by atoms with E-state index in [2.05, 4.69) is 36.5 Å². The van der Waals surface area contributed by atoms with Gasteiger partial charge in [-0.05, 0) is 12.5 Å². The molecule has 4 heteroatoms. The second-order valence-corrected chi connectivity index (χ2v) is 5.96. The minimum absolute atomic E-state index is 0.256. The zero-order chi connectivity index (χ0) is 16.2. The standard InChI is InChI=1S/C19H20ClN3/c1-14(15-9-5-3-6-10-15)21-13-17-22-18(19(20)23(17)2)16-11-7-4-8-12-16/h3-12,14,21H,13H2,1-2H3/t14-/m1/s1. The topological polar surface area (TPSA) is 29.9 Å². The third kappa shape index (κ3) is 3.46. The zero-order valence-corrected chi connectivity index (χ0v) is 14.1. The van der Waals surface area contributed by atoms with Gasteiger partial charge in [-0.3, -0.25) is 0 Å². The minimum atomic E-state index is 0.256. The molecule has 3 rings (SSSR count). The molecule has 0 unspecified atom stereocenters. The summed E-state index contributed by atoms with van der Waals surface area (Å²) in [5.41, 5.74) is 3.13. The second-order valence-electron chi connectivity index (χ2n) is 5.61. The summed E-state index contributed by atoms with van der Waals surface area (Å²) in [7, 11) is 1.95. The average Bonchev–Trinajstić information content (AvgIpc) is 2.89. The van der Waals surface area contributed by atoms with E-state index in [-0.39, 0.29) is 6.04 Å². The van der Waals surface area contributed by atoms with E-state index in [0.717, 1.165) is 17.1 Å². The van der Waals surface area contributed by atoms with Crippen LogP contribution >= 0.6 is 11.6 Å². The molecule has 0 aliphatic heterocycles. The number of hydrogen-bond donors (Lipinski definition) is 1. The first kappa shape index (κ1) is 15.8. The van der Waals surface area contributed by atoms with Crippen molar-refractivity contribution in [3.63, 3.8) is 0 Å². The van der Waals surface area contributed by atoms with Crippen LogP contribution in [0, 0.1) is 0 Å². The molecule has 0 saturated heterocycles. The second kappa shape index (κ2) is 6.99. The van der Waals surface area contributed by atoms with Crippen molar-refractivity contribution in [2.45, 2.75) is 19.5 Å². The SMILES string of the molecule is C[C@@H](NCc1nc(-c2ccccc2)c(Cl)n1C)c1ccccc1. The highest BCUT2D eigenvalue weighted by Crippen LogP contribution is 2.27. The van der Waals surface area contributed by atoms with E-state index in [1.54, 1.807) is 0 Å². The molecule has 0 amide bonds. The number of rotatable bonds is 5. The maximum absolute atomic E-state index is 6.45. The van der Waals surface area contributed by atoms with Crippen LogP contribution in [-0.4, -0.2) is 9.55 Å². The molecule has 0 aliphatic rings. The highest BCUT2D eigenvalue weighted by Gasteiger charge is 2.15. The molecule has 0 fully saturated rings. The Hall–Kier alpha value is -2.10. The molecule has 1 atom stereocenters. The van der Waals surface area contributed by atoms with Gasteiger partial charge in [-0.2, -0.15) is 0 Å². The molecular weight excluding hydrogens is 306 g/mol. The van der Waals surface area contributed by atoms with Gasteiger partial charge in [-0.1, -0.05) is 72.3 Å². The fourth-order valence-electron chi connectivity index (χ4n) is 2.56. The van der Waals surface area contributed by atoms with Gasteiger partial charge in [0.1, 0.15) is 16.7 Å². The predicted octanol–water partition coefficient (Wildman–Crippen LogP) is 4.59. The molecule has 0 spiro atoms. The number of nitrogens with one attached hydrogen (secondary N) is 1. The van der Waals surface area contributed by atoms with Gasteiger partial charge in [0.15, 0.2) is 0 Å². The van der Waals surface area contributed by atoms with Gasteiger partial charge in [-0.25, -0.2) is 4.98 Å². The van der Waals surface area contributed by atoms with Crippen LogP contribution < -0.4 is 5.32 Å². The highest BCUT2D eigenvalue weighted by molar-refractivity contribution is 6.32. The van der Waals surface area contributed by atoms with Crippen molar-refractivity contribution in [3.05, 3.63) is 77.2 Å². The molecular formula is C19H20ClN3. The van der Waals surface area contributed by atoms with E-state index < -0.39 is 0 Å². The monoisotopic (exact) mass is 325 g/mol. The number of benzene rings is 2.